The topological polar surface area (TPSA) is 26.3 Å². The fourth-order valence-electron chi connectivity index (χ4n) is 5.10. The second kappa shape index (κ2) is 7.70. The fourth-order valence-corrected chi connectivity index (χ4v) is 7.22. The molecule has 1 aliphatic rings. The number of hydrogen-bond acceptors (Lipinski definition) is 2. The molecule has 3 unspecified atom stereocenters. The molecule has 31 heavy (non-hydrogen) atoms. The lowest BCUT2D eigenvalue weighted by atomic mass is 9.71. The van der Waals surface area contributed by atoms with E-state index in [0.717, 1.165) is 18.4 Å². The lowest BCUT2D eigenvalue weighted by Crippen LogP contribution is -2.43. The third-order valence-electron chi connectivity index (χ3n) is 6.61. The third-order valence-corrected chi connectivity index (χ3v) is 8.81. The SMILES string of the molecule is C#CC(C)(OC(=O)c1ccc(-[s+]2cc(C)c3ccccc32)cc1)C1C(=C)CCC1(C)C. The minimum atomic E-state index is -1.02. The van der Waals surface area contributed by atoms with Gasteiger partial charge < -0.3 is 4.74 Å². The molecule has 0 amide bonds. The Morgan fingerprint density at radius 2 is 1.90 bits per heavy atom. The molecule has 0 bridgehead atoms. The van der Waals surface area contributed by atoms with Gasteiger partial charge in [-0.05, 0) is 68.5 Å². The largest absolute Gasteiger partial charge is 0.442 e. The van der Waals surface area contributed by atoms with Crippen LogP contribution in [0.5, 0.6) is 0 Å². The van der Waals surface area contributed by atoms with Gasteiger partial charge in [0.25, 0.3) is 0 Å². The normalized spacial score (nSPS) is 20.3. The van der Waals surface area contributed by atoms with Crippen molar-refractivity contribution in [2.75, 3.05) is 0 Å². The van der Waals surface area contributed by atoms with Crippen LogP contribution in [0, 0.1) is 30.6 Å². The molecule has 0 radical (unpaired) electrons. The van der Waals surface area contributed by atoms with E-state index in [-0.39, 0.29) is 27.8 Å². The number of benzene rings is 2. The van der Waals surface area contributed by atoms with Crippen molar-refractivity contribution in [3.8, 4) is 17.2 Å². The highest BCUT2D eigenvalue weighted by molar-refractivity contribution is 7.43. The molecule has 1 fully saturated rings. The Bertz CT molecular complexity index is 1210. The Labute approximate surface area is 187 Å². The summed E-state index contributed by atoms with van der Waals surface area (Å²) in [5.74, 6) is 2.33. The van der Waals surface area contributed by atoms with Crippen molar-refractivity contribution in [2.45, 2.75) is 46.1 Å². The van der Waals surface area contributed by atoms with Crippen molar-refractivity contribution in [2.24, 2.45) is 11.3 Å². The first-order valence-electron chi connectivity index (χ1n) is 10.7. The Balaban J connectivity index is 1.60. The number of fused-ring (bicyclic) bond motifs is 1. The molecule has 4 rings (SSSR count). The number of rotatable bonds is 4. The number of carbonyl (C=O) groups excluding carboxylic acids is 1. The van der Waals surface area contributed by atoms with E-state index in [2.05, 4.69) is 62.9 Å². The predicted octanol–water partition coefficient (Wildman–Crippen LogP) is 7.43. The van der Waals surface area contributed by atoms with Crippen LogP contribution in [0.4, 0.5) is 0 Å². The summed E-state index contributed by atoms with van der Waals surface area (Å²) in [6.45, 7) is 12.5. The van der Waals surface area contributed by atoms with Crippen LogP contribution in [-0.4, -0.2) is 11.6 Å². The smallest absolute Gasteiger partial charge is 0.339 e. The van der Waals surface area contributed by atoms with Crippen LogP contribution >= 0.6 is 10.5 Å². The van der Waals surface area contributed by atoms with Gasteiger partial charge >= 0.3 is 5.97 Å². The maximum atomic E-state index is 13.0. The number of carbonyl (C=O) groups is 1. The second-order valence-corrected chi connectivity index (χ2v) is 11.2. The van der Waals surface area contributed by atoms with Gasteiger partial charge in [0.15, 0.2) is 15.2 Å². The van der Waals surface area contributed by atoms with Crippen molar-refractivity contribution >= 4 is 26.5 Å². The molecule has 1 heterocycles. The van der Waals surface area contributed by atoms with Crippen molar-refractivity contribution in [1.82, 2.24) is 0 Å². The van der Waals surface area contributed by atoms with Crippen LogP contribution in [-0.2, 0) is 4.74 Å². The number of aryl methyl sites for hydroxylation is 1. The zero-order valence-corrected chi connectivity index (χ0v) is 19.5. The van der Waals surface area contributed by atoms with Crippen LogP contribution in [0.15, 0.2) is 66.1 Å². The zero-order valence-electron chi connectivity index (χ0n) is 18.7. The number of terminal acetylenes is 1. The lowest BCUT2D eigenvalue weighted by molar-refractivity contribution is -0.0208. The molecule has 0 aliphatic heterocycles. The summed E-state index contributed by atoms with van der Waals surface area (Å²) in [5.41, 5.74) is 1.81. The molecule has 0 saturated heterocycles. The van der Waals surface area contributed by atoms with Gasteiger partial charge in [-0.25, -0.2) is 4.79 Å². The molecular weight excluding hydrogens is 400 g/mol. The fraction of sp³-hybridized carbons (Fsp3) is 0.321. The Morgan fingerprint density at radius 3 is 2.52 bits per heavy atom. The highest BCUT2D eigenvalue weighted by Crippen LogP contribution is 2.51. The Morgan fingerprint density at radius 1 is 1.23 bits per heavy atom. The molecule has 2 aromatic carbocycles. The van der Waals surface area contributed by atoms with E-state index in [9.17, 15) is 4.79 Å². The standard InChI is InChI=1S/C28H29O2S/c1-7-28(6,25-19(2)16-17-27(25,4)5)30-26(29)21-12-14-22(15-13-21)31-18-20(3)23-10-8-9-11-24(23)31/h1,8-15,18,25H,2,16-17H2,3-6H3/q+1. The van der Waals surface area contributed by atoms with Crippen LogP contribution in [0.25, 0.3) is 15.0 Å². The van der Waals surface area contributed by atoms with E-state index in [1.165, 1.54) is 20.5 Å². The highest BCUT2D eigenvalue weighted by Gasteiger charge is 2.50. The van der Waals surface area contributed by atoms with Gasteiger partial charge in [-0.15, -0.1) is 6.42 Å². The van der Waals surface area contributed by atoms with Gasteiger partial charge in [-0.2, -0.15) is 0 Å². The number of hydrogen-bond donors (Lipinski definition) is 0. The molecule has 0 N–H and O–H groups in total. The van der Waals surface area contributed by atoms with Gasteiger partial charge in [0.2, 0.25) is 0 Å². The predicted molar refractivity (Wildman–Crippen MR) is 131 cm³/mol. The molecule has 3 atom stereocenters. The van der Waals surface area contributed by atoms with Crippen molar-refractivity contribution in [3.63, 3.8) is 0 Å². The summed E-state index contributed by atoms with van der Waals surface area (Å²) in [5, 5.41) is 3.61. The van der Waals surface area contributed by atoms with E-state index >= 15 is 0 Å². The van der Waals surface area contributed by atoms with Crippen molar-refractivity contribution in [3.05, 3.63) is 77.2 Å². The average Bonchev–Trinajstić information content (AvgIpc) is 3.23. The molecule has 2 nitrogen and oxygen atoms in total. The monoisotopic (exact) mass is 429 g/mol. The molecule has 1 aromatic heterocycles. The van der Waals surface area contributed by atoms with Crippen LogP contribution in [0.2, 0.25) is 0 Å². The zero-order chi connectivity index (χ0) is 22.4. The maximum Gasteiger partial charge on any atom is 0.339 e. The highest BCUT2D eigenvalue weighted by atomic mass is 32.2. The molecule has 3 heteroatoms. The minimum Gasteiger partial charge on any atom is -0.442 e. The second-order valence-electron chi connectivity index (χ2n) is 9.38. The Hall–Kier alpha value is -2.83. The van der Waals surface area contributed by atoms with E-state index in [1.54, 1.807) is 0 Å². The van der Waals surface area contributed by atoms with Crippen LogP contribution in [0.3, 0.4) is 0 Å². The molecule has 158 valence electrons. The minimum absolute atomic E-state index is 0.0521. The lowest BCUT2D eigenvalue weighted by Gasteiger charge is -2.39. The first kappa shape index (κ1) is 21.4. The van der Waals surface area contributed by atoms with Gasteiger partial charge in [0.05, 0.1) is 5.56 Å². The summed E-state index contributed by atoms with van der Waals surface area (Å²) in [6, 6.07) is 16.2. The molecule has 3 aromatic rings. The molecular formula is C28H29O2S+. The van der Waals surface area contributed by atoms with E-state index < -0.39 is 5.60 Å². The van der Waals surface area contributed by atoms with Crippen molar-refractivity contribution < 1.29 is 9.53 Å². The first-order chi connectivity index (χ1) is 14.7. The number of thiophene rings is 1. The Kier molecular flexibility index (Phi) is 5.31. The van der Waals surface area contributed by atoms with Gasteiger partial charge in [-0.3, -0.25) is 0 Å². The molecule has 1 aliphatic carbocycles. The summed E-state index contributed by atoms with van der Waals surface area (Å²) >= 11 is 0. The summed E-state index contributed by atoms with van der Waals surface area (Å²) < 4.78 is 7.29. The first-order valence-corrected chi connectivity index (χ1v) is 11.9. The average molecular weight is 430 g/mol. The van der Waals surface area contributed by atoms with Gasteiger partial charge in [-0.1, -0.05) is 44.1 Å². The van der Waals surface area contributed by atoms with Gasteiger partial charge in [0.1, 0.15) is 5.38 Å². The molecule has 1 saturated carbocycles. The summed E-state index contributed by atoms with van der Waals surface area (Å²) in [7, 11) is -0.113. The van der Waals surface area contributed by atoms with E-state index in [4.69, 9.17) is 11.2 Å². The van der Waals surface area contributed by atoms with Gasteiger partial charge in [0, 0.05) is 27.3 Å². The van der Waals surface area contributed by atoms with E-state index in [0.29, 0.717) is 5.56 Å². The van der Waals surface area contributed by atoms with Crippen LogP contribution < -0.4 is 0 Å². The quantitative estimate of drug-likeness (QED) is 0.187. The van der Waals surface area contributed by atoms with Crippen molar-refractivity contribution in [1.29, 1.82) is 0 Å². The summed E-state index contributed by atoms with van der Waals surface area (Å²) in [4.78, 5) is 14.2. The maximum absolute atomic E-state index is 13.0. The number of ether oxygens (including phenoxy) is 1. The third kappa shape index (κ3) is 3.70. The van der Waals surface area contributed by atoms with E-state index in [1.807, 2.05) is 31.2 Å². The van der Waals surface area contributed by atoms with Crippen LogP contribution in [0.1, 0.15) is 49.5 Å². The summed E-state index contributed by atoms with van der Waals surface area (Å²) in [6.07, 6.45) is 7.80. The number of esters is 1. The molecule has 0 spiro atoms.